The zero-order valence-corrected chi connectivity index (χ0v) is 13.9. The summed E-state index contributed by atoms with van der Waals surface area (Å²) in [7, 11) is 0. The van der Waals surface area contributed by atoms with E-state index in [2.05, 4.69) is 15.3 Å². The van der Waals surface area contributed by atoms with E-state index in [-0.39, 0.29) is 11.3 Å². The smallest absolute Gasteiger partial charge is 0.320 e. The number of hydrogen-bond donors (Lipinski definition) is 1. The van der Waals surface area contributed by atoms with Crippen molar-refractivity contribution in [2.45, 2.75) is 6.18 Å². The van der Waals surface area contributed by atoms with Crippen molar-refractivity contribution >= 4 is 40.7 Å². The molecule has 0 saturated heterocycles. The number of benzene rings is 2. The zero-order chi connectivity index (χ0) is 19.8. The van der Waals surface area contributed by atoms with Gasteiger partial charge < -0.3 is 10.2 Å². The summed E-state index contributed by atoms with van der Waals surface area (Å²) in [6, 6.07) is 9.47. The van der Waals surface area contributed by atoms with Gasteiger partial charge in [0, 0.05) is 0 Å². The van der Waals surface area contributed by atoms with Gasteiger partial charge in [0.1, 0.15) is 0 Å². The van der Waals surface area contributed by atoms with Crippen LogP contribution in [0.5, 0.6) is 0 Å². The molecule has 10 heteroatoms. The summed E-state index contributed by atoms with van der Waals surface area (Å²) in [5, 5.41) is 4.56. The van der Waals surface area contributed by atoms with Crippen molar-refractivity contribution in [2.24, 2.45) is 5.16 Å². The van der Waals surface area contributed by atoms with Crippen molar-refractivity contribution in [3.8, 4) is 0 Å². The molecule has 2 aromatic carbocycles. The SMILES string of the molecule is O=C1Nc2ccc(Cl)c(C(F)(F)F)c2C(=O)C1=NOC(=O)c1ccccc1. The number of fused-ring (bicyclic) bond motifs is 1. The Morgan fingerprint density at radius 1 is 1.07 bits per heavy atom. The standard InChI is InChI=1S/C17H8ClF3N2O4/c18-9-6-7-10-11(12(9)17(19,20)21)14(24)13(15(25)22-10)23-27-16(26)8-4-2-1-3-5-8/h1-7H,(H,22,25). The molecule has 1 amide bonds. The van der Waals surface area contributed by atoms with Crippen molar-refractivity contribution in [2.75, 3.05) is 5.32 Å². The second-order valence-corrected chi connectivity index (χ2v) is 5.72. The Bertz CT molecular complexity index is 988. The Morgan fingerprint density at radius 3 is 2.37 bits per heavy atom. The second-order valence-electron chi connectivity index (χ2n) is 5.31. The van der Waals surface area contributed by atoms with E-state index in [4.69, 9.17) is 11.6 Å². The van der Waals surface area contributed by atoms with E-state index in [1.807, 2.05) is 0 Å². The summed E-state index contributed by atoms with van der Waals surface area (Å²) < 4.78 is 39.9. The van der Waals surface area contributed by atoms with Crippen molar-refractivity contribution in [3.05, 3.63) is 64.2 Å². The van der Waals surface area contributed by atoms with Gasteiger partial charge in [-0.1, -0.05) is 35.0 Å². The first-order chi connectivity index (χ1) is 12.7. The molecule has 138 valence electrons. The van der Waals surface area contributed by atoms with Crippen LogP contribution < -0.4 is 5.32 Å². The molecule has 0 fully saturated rings. The first-order valence-electron chi connectivity index (χ1n) is 7.30. The fourth-order valence-corrected chi connectivity index (χ4v) is 2.66. The summed E-state index contributed by atoms with van der Waals surface area (Å²) in [5.41, 5.74) is -3.57. The maximum absolute atomic E-state index is 13.3. The number of carbonyl (C=O) groups excluding carboxylic acids is 3. The van der Waals surface area contributed by atoms with Crippen LogP contribution in [0.2, 0.25) is 5.02 Å². The number of rotatable bonds is 2. The van der Waals surface area contributed by atoms with Gasteiger partial charge in [0.25, 0.3) is 5.91 Å². The summed E-state index contributed by atoms with van der Waals surface area (Å²) in [5.74, 6) is -3.45. The number of hydrogen-bond acceptors (Lipinski definition) is 5. The molecule has 0 aromatic heterocycles. The number of ketones is 1. The van der Waals surface area contributed by atoms with Gasteiger partial charge in [-0.3, -0.25) is 9.59 Å². The molecule has 2 aromatic rings. The molecule has 0 bridgehead atoms. The van der Waals surface area contributed by atoms with E-state index in [9.17, 15) is 27.6 Å². The molecule has 27 heavy (non-hydrogen) atoms. The lowest BCUT2D eigenvalue weighted by Gasteiger charge is -2.21. The average Bonchev–Trinajstić information content (AvgIpc) is 2.61. The quantitative estimate of drug-likeness (QED) is 0.619. The van der Waals surface area contributed by atoms with Gasteiger partial charge in [0.2, 0.25) is 11.5 Å². The molecule has 1 aliphatic rings. The average molecular weight is 397 g/mol. The van der Waals surface area contributed by atoms with E-state index in [0.717, 1.165) is 12.1 Å². The van der Waals surface area contributed by atoms with Gasteiger partial charge in [-0.15, -0.1) is 0 Å². The first-order valence-corrected chi connectivity index (χ1v) is 7.68. The number of Topliss-reactive ketones (excluding diaryl/α,β-unsaturated/α-hetero) is 1. The third-order valence-corrected chi connectivity index (χ3v) is 3.89. The van der Waals surface area contributed by atoms with E-state index < -0.39 is 45.7 Å². The van der Waals surface area contributed by atoms with E-state index in [1.54, 1.807) is 6.07 Å². The Balaban J connectivity index is 2.00. The van der Waals surface area contributed by atoms with Gasteiger partial charge in [-0.25, -0.2) is 4.79 Å². The van der Waals surface area contributed by atoms with Gasteiger partial charge in [-0.2, -0.15) is 13.2 Å². The third-order valence-electron chi connectivity index (χ3n) is 3.57. The largest absolute Gasteiger partial charge is 0.418 e. The van der Waals surface area contributed by atoms with Crippen molar-refractivity contribution < 1.29 is 32.4 Å². The molecule has 0 unspecified atom stereocenters. The predicted octanol–water partition coefficient (Wildman–Crippen LogP) is 3.71. The van der Waals surface area contributed by atoms with Crippen molar-refractivity contribution in [1.82, 2.24) is 0 Å². The molecule has 3 rings (SSSR count). The van der Waals surface area contributed by atoms with Crippen LogP contribution in [-0.4, -0.2) is 23.4 Å². The fourth-order valence-electron chi connectivity index (χ4n) is 2.39. The summed E-state index contributed by atoms with van der Waals surface area (Å²) >= 11 is 5.59. The maximum Gasteiger partial charge on any atom is 0.418 e. The number of alkyl halides is 3. The molecule has 0 radical (unpaired) electrons. The molecule has 0 aliphatic carbocycles. The lowest BCUT2D eigenvalue weighted by Crippen LogP contribution is -2.37. The minimum absolute atomic E-state index is 0.0740. The second kappa shape index (κ2) is 6.84. The topological polar surface area (TPSA) is 84.8 Å². The van der Waals surface area contributed by atoms with Crippen LogP contribution >= 0.6 is 11.6 Å². The summed E-state index contributed by atoms with van der Waals surface area (Å²) in [6.45, 7) is 0. The number of halogens is 4. The molecule has 6 nitrogen and oxygen atoms in total. The number of oxime groups is 1. The monoisotopic (exact) mass is 396 g/mol. The van der Waals surface area contributed by atoms with Crippen LogP contribution in [0.25, 0.3) is 0 Å². The van der Waals surface area contributed by atoms with Crippen LogP contribution in [0.3, 0.4) is 0 Å². The van der Waals surface area contributed by atoms with E-state index in [0.29, 0.717) is 0 Å². The highest BCUT2D eigenvalue weighted by Gasteiger charge is 2.43. The van der Waals surface area contributed by atoms with E-state index in [1.165, 1.54) is 24.3 Å². The van der Waals surface area contributed by atoms with Gasteiger partial charge in [-0.05, 0) is 24.3 Å². The van der Waals surface area contributed by atoms with Gasteiger partial charge >= 0.3 is 12.1 Å². The predicted molar refractivity (Wildman–Crippen MR) is 88.7 cm³/mol. The molecule has 1 aliphatic heterocycles. The summed E-state index contributed by atoms with van der Waals surface area (Å²) in [4.78, 5) is 40.8. The van der Waals surface area contributed by atoms with E-state index >= 15 is 0 Å². The zero-order valence-electron chi connectivity index (χ0n) is 13.1. The molecule has 1 heterocycles. The number of nitrogens with zero attached hydrogens (tertiary/aromatic N) is 1. The van der Waals surface area contributed by atoms with Crippen LogP contribution in [0.1, 0.15) is 26.3 Å². The minimum Gasteiger partial charge on any atom is -0.320 e. The maximum atomic E-state index is 13.3. The molecule has 0 saturated carbocycles. The molecule has 1 N–H and O–H groups in total. The Labute approximate surface area is 154 Å². The number of carbonyl (C=O) groups is 3. The lowest BCUT2D eigenvalue weighted by molar-refractivity contribution is -0.137. The third kappa shape index (κ3) is 3.54. The minimum atomic E-state index is -4.95. The van der Waals surface area contributed by atoms with Crippen LogP contribution in [0, 0.1) is 0 Å². The Hall–Kier alpha value is -3.20. The van der Waals surface area contributed by atoms with Crippen LogP contribution in [0.4, 0.5) is 18.9 Å². The molecular weight excluding hydrogens is 389 g/mol. The molecule has 0 spiro atoms. The Morgan fingerprint density at radius 2 is 1.74 bits per heavy atom. The fraction of sp³-hybridized carbons (Fsp3) is 0.0588. The highest BCUT2D eigenvalue weighted by Crippen LogP contribution is 2.41. The van der Waals surface area contributed by atoms with Crippen molar-refractivity contribution in [3.63, 3.8) is 0 Å². The van der Waals surface area contributed by atoms with Crippen LogP contribution in [0.15, 0.2) is 47.6 Å². The first kappa shape index (κ1) is 18.6. The Kier molecular flexibility index (Phi) is 4.71. The summed E-state index contributed by atoms with van der Waals surface area (Å²) in [6.07, 6.45) is -4.95. The van der Waals surface area contributed by atoms with Gasteiger partial charge in [0.05, 0.1) is 27.4 Å². The number of nitrogens with one attached hydrogen (secondary N) is 1. The highest BCUT2D eigenvalue weighted by atomic mass is 35.5. The molecule has 0 atom stereocenters. The number of anilines is 1. The lowest BCUT2D eigenvalue weighted by atomic mass is 9.94. The highest BCUT2D eigenvalue weighted by molar-refractivity contribution is 6.73. The number of amides is 1. The van der Waals surface area contributed by atoms with Crippen LogP contribution in [-0.2, 0) is 15.8 Å². The normalized spacial score (nSPS) is 15.3. The molecular formula is C17H8ClF3N2O4. The van der Waals surface area contributed by atoms with Crippen molar-refractivity contribution in [1.29, 1.82) is 0 Å². The van der Waals surface area contributed by atoms with Gasteiger partial charge in [0.15, 0.2) is 0 Å².